The van der Waals surface area contributed by atoms with Gasteiger partial charge in [0.1, 0.15) is 5.75 Å². The molecule has 2 saturated heterocycles. The van der Waals surface area contributed by atoms with Crippen LogP contribution in [0.5, 0.6) is 5.75 Å². The Hall–Kier alpha value is -2.51. The molecular weight excluding hydrogens is 482 g/mol. The molecule has 3 atom stereocenters. The molecular formula is C33H47N5O. The van der Waals surface area contributed by atoms with E-state index in [2.05, 4.69) is 91.4 Å². The number of fused-ring (bicyclic) bond motifs is 1. The van der Waals surface area contributed by atoms with Crippen LogP contribution in [0.4, 0.5) is 0 Å². The second-order valence-corrected chi connectivity index (χ2v) is 12.3. The molecule has 2 fully saturated rings. The van der Waals surface area contributed by atoms with E-state index in [9.17, 15) is 5.11 Å². The van der Waals surface area contributed by atoms with E-state index >= 15 is 0 Å². The smallest absolute Gasteiger partial charge is 0.115 e. The van der Waals surface area contributed by atoms with Gasteiger partial charge in [0.05, 0.1) is 5.52 Å². The summed E-state index contributed by atoms with van der Waals surface area (Å²) in [7, 11) is 4.34. The zero-order valence-corrected chi connectivity index (χ0v) is 24.5. The number of hydrogen-bond acceptors (Lipinski definition) is 6. The Kier molecular flexibility index (Phi) is 8.57. The highest BCUT2D eigenvalue weighted by Crippen LogP contribution is 2.39. The molecule has 0 unspecified atom stereocenters. The fourth-order valence-electron chi connectivity index (χ4n) is 7.06. The number of likely N-dealkylation sites (tertiary alicyclic amines) is 1. The van der Waals surface area contributed by atoms with Crippen molar-refractivity contribution in [2.75, 3.05) is 40.3 Å². The summed E-state index contributed by atoms with van der Waals surface area (Å²) in [6, 6.07) is 18.5. The molecule has 2 aliphatic rings. The van der Waals surface area contributed by atoms with Crippen molar-refractivity contribution >= 4 is 10.9 Å². The van der Waals surface area contributed by atoms with Crippen LogP contribution in [0.1, 0.15) is 69.2 Å². The molecule has 2 aromatic carbocycles. The van der Waals surface area contributed by atoms with Crippen molar-refractivity contribution in [2.45, 2.75) is 76.7 Å². The van der Waals surface area contributed by atoms with Crippen molar-refractivity contribution in [2.24, 2.45) is 0 Å². The quantitative estimate of drug-likeness (QED) is 0.401. The lowest BCUT2D eigenvalue weighted by molar-refractivity contribution is 0.0506. The highest BCUT2D eigenvalue weighted by Gasteiger charge is 2.38. The molecule has 0 bridgehead atoms. The number of nitrogens with zero attached hydrogens (tertiary/aromatic N) is 4. The predicted octanol–water partition coefficient (Wildman–Crippen LogP) is 5.52. The first-order valence-electron chi connectivity index (χ1n) is 14.9. The molecule has 0 spiro atoms. The fraction of sp³-hybridized carbons (Fsp3) is 0.545. The summed E-state index contributed by atoms with van der Waals surface area (Å²) in [4.78, 5) is 12.5. The van der Waals surface area contributed by atoms with Crippen molar-refractivity contribution in [3.8, 4) is 5.75 Å². The van der Waals surface area contributed by atoms with E-state index in [1.54, 1.807) is 6.07 Å². The zero-order chi connectivity index (χ0) is 27.6. The highest BCUT2D eigenvalue weighted by molar-refractivity contribution is 5.79. The number of nitrogens with one attached hydrogen (secondary N) is 1. The van der Waals surface area contributed by atoms with Crippen LogP contribution in [0, 0.1) is 0 Å². The number of phenols is 1. The van der Waals surface area contributed by atoms with Gasteiger partial charge < -0.3 is 10.4 Å². The third-order valence-electron chi connectivity index (χ3n) is 9.07. The number of rotatable bonds is 8. The molecule has 0 aliphatic carbocycles. The second-order valence-electron chi connectivity index (χ2n) is 12.3. The van der Waals surface area contributed by atoms with Crippen molar-refractivity contribution in [1.29, 1.82) is 0 Å². The Morgan fingerprint density at radius 3 is 2.46 bits per heavy atom. The number of aromatic nitrogens is 1. The van der Waals surface area contributed by atoms with Crippen LogP contribution in [0.25, 0.3) is 10.9 Å². The lowest BCUT2D eigenvalue weighted by atomic mass is 9.79. The highest BCUT2D eigenvalue weighted by atomic mass is 16.3. The minimum absolute atomic E-state index is 0.0370. The van der Waals surface area contributed by atoms with Crippen LogP contribution in [0.2, 0.25) is 0 Å². The van der Waals surface area contributed by atoms with Gasteiger partial charge in [-0.1, -0.05) is 31.5 Å². The van der Waals surface area contributed by atoms with Crippen molar-refractivity contribution < 1.29 is 5.11 Å². The summed E-state index contributed by atoms with van der Waals surface area (Å²) in [5.74, 6) is 0.349. The Bertz CT molecular complexity index is 1240. The monoisotopic (exact) mass is 529 g/mol. The molecule has 6 heteroatoms. The topological polar surface area (TPSA) is 54.9 Å². The van der Waals surface area contributed by atoms with Gasteiger partial charge >= 0.3 is 0 Å². The molecule has 0 amide bonds. The molecule has 3 heterocycles. The minimum atomic E-state index is -0.0370. The van der Waals surface area contributed by atoms with Crippen LogP contribution in [0.15, 0.2) is 54.7 Å². The van der Waals surface area contributed by atoms with Crippen LogP contribution in [-0.4, -0.2) is 77.1 Å². The van der Waals surface area contributed by atoms with Gasteiger partial charge in [-0.05, 0) is 94.2 Å². The van der Waals surface area contributed by atoms with Gasteiger partial charge in [0.25, 0.3) is 0 Å². The first kappa shape index (κ1) is 28.0. The molecule has 5 rings (SSSR count). The van der Waals surface area contributed by atoms with Gasteiger partial charge in [0.2, 0.25) is 0 Å². The molecule has 3 aromatic rings. The molecule has 1 aromatic heterocycles. The van der Waals surface area contributed by atoms with E-state index in [4.69, 9.17) is 4.98 Å². The van der Waals surface area contributed by atoms with Crippen molar-refractivity contribution in [1.82, 2.24) is 25.0 Å². The van der Waals surface area contributed by atoms with Crippen molar-refractivity contribution in [3.05, 3.63) is 71.4 Å². The van der Waals surface area contributed by atoms with E-state index in [0.717, 1.165) is 57.5 Å². The Morgan fingerprint density at radius 2 is 1.79 bits per heavy atom. The maximum atomic E-state index is 10.1. The maximum Gasteiger partial charge on any atom is 0.115 e. The number of piperidine rings is 1. The lowest BCUT2D eigenvalue weighted by Crippen LogP contribution is -2.55. The number of phenolic OH excluding ortho intramolecular Hbond substituents is 1. The molecule has 6 nitrogen and oxygen atoms in total. The lowest BCUT2D eigenvalue weighted by Gasteiger charge is -2.46. The van der Waals surface area contributed by atoms with Gasteiger partial charge in [-0.3, -0.25) is 19.7 Å². The van der Waals surface area contributed by atoms with E-state index in [1.165, 1.54) is 28.5 Å². The third-order valence-corrected chi connectivity index (χ3v) is 9.07. The zero-order valence-electron chi connectivity index (χ0n) is 24.5. The molecule has 2 aliphatic heterocycles. The number of hydrogen-bond donors (Lipinski definition) is 2. The van der Waals surface area contributed by atoms with Crippen LogP contribution in [-0.2, 0) is 12.1 Å². The van der Waals surface area contributed by atoms with E-state index in [1.807, 2.05) is 12.1 Å². The number of pyridine rings is 1. The average Bonchev–Trinajstić information content (AvgIpc) is 2.91. The third kappa shape index (κ3) is 6.14. The van der Waals surface area contributed by atoms with Crippen LogP contribution in [0.3, 0.4) is 0 Å². The van der Waals surface area contributed by atoms with Gasteiger partial charge in [-0.2, -0.15) is 0 Å². The molecule has 39 heavy (non-hydrogen) atoms. The summed E-state index contributed by atoms with van der Waals surface area (Å²) in [5, 5.41) is 15.0. The number of piperazine rings is 1. The molecule has 210 valence electrons. The Balaban J connectivity index is 1.31. The SMILES string of the molecule is CCC[C@H](c1cnc2ccc(CN3CCC(c4cccc(O)c4)(N(C)C)CC3)cc2c1)N1C[C@@H](C)N[C@@H](C)C1. The standard InChI is InChI=1S/C33H47N5O/c1-6-8-32(38-21-24(2)35-25(3)22-38)28-18-27-17-26(11-12-31(27)34-20-28)23-37-15-13-33(14-16-37,36(4)5)29-9-7-10-30(39)19-29/h7,9-12,17-20,24-25,32,35,39H,6,8,13-16,21-23H2,1-5H3/t24-,25+,32-/m1/s1. The number of aromatic hydroxyl groups is 1. The Morgan fingerprint density at radius 1 is 1.05 bits per heavy atom. The van der Waals surface area contributed by atoms with Gasteiger partial charge in [-0.25, -0.2) is 0 Å². The van der Waals surface area contributed by atoms with E-state index in [-0.39, 0.29) is 5.54 Å². The van der Waals surface area contributed by atoms with E-state index < -0.39 is 0 Å². The fourth-order valence-corrected chi connectivity index (χ4v) is 7.06. The maximum absolute atomic E-state index is 10.1. The van der Waals surface area contributed by atoms with Gasteiger partial charge in [0.15, 0.2) is 0 Å². The molecule has 0 radical (unpaired) electrons. The second kappa shape index (κ2) is 11.9. The molecule has 2 N–H and O–H groups in total. The van der Waals surface area contributed by atoms with Crippen molar-refractivity contribution in [3.63, 3.8) is 0 Å². The largest absolute Gasteiger partial charge is 0.508 e. The van der Waals surface area contributed by atoms with Gasteiger partial charge in [-0.15, -0.1) is 0 Å². The number of benzene rings is 2. The summed E-state index contributed by atoms with van der Waals surface area (Å²) in [6.07, 6.45) is 6.53. The first-order chi connectivity index (χ1) is 18.8. The van der Waals surface area contributed by atoms with E-state index in [0.29, 0.717) is 23.9 Å². The first-order valence-corrected chi connectivity index (χ1v) is 14.9. The average molecular weight is 530 g/mol. The Labute approximate surface area is 235 Å². The minimum Gasteiger partial charge on any atom is -0.508 e. The van der Waals surface area contributed by atoms with Crippen LogP contribution >= 0.6 is 0 Å². The predicted molar refractivity (Wildman–Crippen MR) is 161 cm³/mol. The van der Waals surface area contributed by atoms with Crippen LogP contribution < -0.4 is 5.32 Å². The summed E-state index contributed by atoms with van der Waals surface area (Å²) < 4.78 is 0. The normalized spacial score (nSPS) is 23.3. The summed E-state index contributed by atoms with van der Waals surface area (Å²) in [6.45, 7) is 12.1. The summed E-state index contributed by atoms with van der Waals surface area (Å²) >= 11 is 0. The van der Waals surface area contributed by atoms with Gasteiger partial charge in [0, 0.05) is 68.0 Å². The summed E-state index contributed by atoms with van der Waals surface area (Å²) in [5.41, 5.74) is 4.96. The molecule has 0 saturated carbocycles.